The number of oxazole rings is 1. The summed E-state index contributed by atoms with van der Waals surface area (Å²) in [7, 11) is 6.36. The molecule has 120 valence electrons. The molecule has 1 atom stereocenters. The van der Waals surface area contributed by atoms with Gasteiger partial charge in [-0.25, -0.2) is 4.98 Å². The molecule has 4 heteroatoms. The summed E-state index contributed by atoms with van der Waals surface area (Å²) in [5.74, 6) is 1.14. The van der Waals surface area contributed by atoms with Crippen molar-refractivity contribution in [2.75, 3.05) is 27.7 Å². The fraction of sp³-hybridized carbons (Fsp3) is 0.500. The summed E-state index contributed by atoms with van der Waals surface area (Å²) in [4.78, 5) is 9.13. The van der Waals surface area contributed by atoms with Crippen LogP contribution in [0.25, 0.3) is 0 Å². The van der Waals surface area contributed by atoms with Crippen LogP contribution in [0.3, 0.4) is 0 Å². The Labute approximate surface area is 133 Å². The van der Waals surface area contributed by atoms with Crippen LogP contribution >= 0.6 is 0 Å². The number of rotatable bonds is 7. The maximum absolute atomic E-state index is 5.55. The van der Waals surface area contributed by atoms with Gasteiger partial charge in [-0.2, -0.15) is 0 Å². The molecule has 1 aromatic heterocycles. The second kappa shape index (κ2) is 7.56. The third-order valence-electron chi connectivity index (χ3n) is 3.73. The molecule has 0 spiro atoms. The second-order valence-corrected chi connectivity index (χ2v) is 6.44. The highest BCUT2D eigenvalue weighted by Crippen LogP contribution is 2.22. The molecule has 1 heterocycles. The molecule has 0 aliphatic carbocycles. The van der Waals surface area contributed by atoms with Gasteiger partial charge in [0, 0.05) is 25.0 Å². The number of nitrogens with zero attached hydrogens (tertiary/aromatic N) is 3. The van der Waals surface area contributed by atoms with E-state index in [1.807, 2.05) is 0 Å². The standard InChI is InChI=1S/C18H27N3O/c1-14(2)18-19-16(13-22-18)11-21(5)17(12-20(3)4)15-9-7-6-8-10-15/h6-10,13-14,17H,11-12H2,1-5H3. The van der Waals surface area contributed by atoms with Gasteiger partial charge < -0.3 is 9.32 Å². The molecule has 0 saturated heterocycles. The number of aromatic nitrogens is 1. The first-order valence-electron chi connectivity index (χ1n) is 7.81. The van der Waals surface area contributed by atoms with Crippen molar-refractivity contribution in [2.45, 2.75) is 32.4 Å². The molecule has 2 aromatic rings. The number of hydrogen-bond acceptors (Lipinski definition) is 4. The number of likely N-dealkylation sites (N-methyl/N-ethyl adjacent to an activating group) is 2. The van der Waals surface area contributed by atoms with Crippen LogP contribution in [-0.4, -0.2) is 42.5 Å². The van der Waals surface area contributed by atoms with Crippen LogP contribution in [0.15, 0.2) is 41.0 Å². The van der Waals surface area contributed by atoms with Crippen LogP contribution in [0.5, 0.6) is 0 Å². The minimum Gasteiger partial charge on any atom is -0.448 e. The SMILES string of the molecule is CC(C)c1nc(CN(C)C(CN(C)C)c2ccccc2)co1. The zero-order chi connectivity index (χ0) is 16.1. The Hall–Kier alpha value is -1.65. The maximum Gasteiger partial charge on any atom is 0.196 e. The first-order valence-corrected chi connectivity index (χ1v) is 7.81. The van der Waals surface area contributed by atoms with Crippen LogP contribution in [-0.2, 0) is 6.54 Å². The lowest BCUT2D eigenvalue weighted by molar-refractivity contribution is 0.188. The normalized spacial score (nSPS) is 13.3. The van der Waals surface area contributed by atoms with Gasteiger partial charge in [-0.3, -0.25) is 4.90 Å². The van der Waals surface area contributed by atoms with Crippen molar-refractivity contribution in [3.05, 3.63) is 53.7 Å². The third kappa shape index (κ3) is 4.42. The van der Waals surface area contributed by atoms with Gasteiger partial charge in [0.25, 0.3) is 0 Å². The minimum atomic E-state index is 0.325. The Morgan fingerprint density at radius 3 is 2.32 bits per heavy atom. The quantitative estimate of drug-likeness (QED) is 0.783. The molecule has 0 aliphatic rings. The molecule has 22 heavy (non-hydrogen) atoms. The lowest BCUT2D eigenvalue weighted by atomic mass is 10.1. The first kappa shape index (κ1) is 16.7. The Morgan fingerprint density at radius 1 is 1.09 bits per heavy atom. The average molecular weight is 301 g/mol. The van der Waals surface area contributed by atoms with Gasteiger partial charge in [0.2, 0.25) is 0 Å². The molecular weight excluding hydrogens is 274 g/mol. The lowest BCUT2D eigenvalue weighted by Crippen LogP contribution is -2.32. The van der Waals surface area contributed by atoms with Crippen molar-refractivity contribution in [3.8, 4) is 0 Å². The van der Waals surface area contributed by atoms with Crippen LogP contribution in [0, 0.1) is 0 Å². The molecule has 0 amide bonds. The highest BCUT2D eigenvalue weighted by atomic mass is 16.3. The lowest BCUT2D eigenvalue weighted by Gasteiger charge is -2.30. The second-order valence-electron chi connectivity index (χ2n) is 6.44. The minimum absolute atomic E-state index is 0.325. The molecule has 4 nitrogen and oxygen atoms in total. The fourth-order valence-corrected chi connectivity index (χ4v) is 2.55. The monoisotopic (exact) mass is 301 g/mol. The predicted molar refractivity (Wildman–Crippen MR) is 89.8 cm³/mol. The highest BCUT2D eigenvalue weighted by Gasteiger charge is 2.19. The van der Waals surface area contributed by atoms with Crippen LogP contribution in [0.1, 0.15) is 43.0 Å². The average Bonchev–Trinajstić information content (AvgIpc) is 2.94. The van der Waals surface area contributed by atoms with E-state index >= 15 is 0 Å². The highest BCUT2D eigenvalue weighted by molar-refractivity contribution is 5.19. The molecule has 0 bridgehead atoms. The van der Waals surface area contributed by atoms with Gasteiger partial charge in [0.05, 0.1) is 5.69 Å². The zero-order valence-electron chi connectivity index (χ0n) is 14.3. The predicted octanol–water partition coefficient (Wildman–Crippen LogP) is 3.53. The summed E-state index contributed by atoms with van der Waals surface area (Å²) >= 11 is 0. The van der Waals surface area contributed by atoms with Crippen molar-refractivity contribution < 1.29 is 4.42 Å². The molecule has 0 saturated carbocycles. The molecule has 0 fully saturated rings. The van der Waals surface area contributed by atoms with Crippen molar-refractivity contribution >= 4 is 0 Å². The van der Waals surface area contributed by atoms with Gasteiger partial charge in [-0.05, 0) is 26.7 Å². The molecule has 0 N–H and O–H groups in total. The first-order chi connectivity index (χ1) is 10.5. The van der Waals surface area contributed by atoms with E-state index in [0.29, 0.717) is 12.0 Å². The zero-order valence-corrected chi connectivity index (χ0v) is 14.3. The maximum atomic E-state index is 5.55. The number of benzene rings is 1. The van der Waals surface area contributed by atoms with E-state index in [9.17, 15) is 0 Å². The van der Waals surface area contributed by atoms with Gasteiger partial charge in [0.1, 0.15) is 6.26 Å². The molecule has 2 rings (SSSR count). The number of hydrogen-bond donors (Lipinski definition) is 0. The van der Waals surface area contributed by atoms with E-state index in [4.69, 9.17) is 4.42 Å². The van der Waals surface area contributed by atoms with Gasteiger partial charge in [-0.15, -0.1) is 0 Å². The Balaban J connectivity index is 2.12. The molecule has 0 aliphatic heterocycles. The van der Waals surface area contributed by atoms with Crippen LogP contribution in [0.4, 0.5) is 0 Å². The van der Waals surface area contributed by atoms with Gasteiger partial charge >= 0.3 is 0 Å². The van der Waals surface area contributed by atoms with E-state index in [0.717, 1.165) is 24.7 Å². The fourth-order valence-electron chi connectivity index (χ4n) is 2.55. The van der Waals surface area contributed by atoms with E-state index in [1.54, 1.807) is 6.26 Å². The summed E-state index contributed by atoms with van der Waals surface area (Å²) in [5, 5.41) is 0. The summed E-state index contributed by atoms with van der Waals surface area (Å²) in [6, 6.07) is 11.0. The van der Waals surface area contributed by atoms with Crippen LogP contribution in [0.2, 0.25) is 0 Å². The molecule has 1 unspecified atom stereocenters. The van der Waals surface area contributed by atoms with Crippen LogP contribution < -0.4 is 0 Å². The molecular formula is C18H27N3O. The molecule has 1 aromatic carbocycles. The van der Waals surface area contributed by atoms with Gasteiger partial charge in [-0.1, -0.05) is 44.2 Å². The Kier molecular flexibility index (Phi) is 5.75. The van der Waals surface area contributed by atoms with Crippen molar-refractivity contribution in [1.82, 2.24) is 14.8 Å². The third-order valence-corrected chi connectivity index (χ3v) is 3.73. The topological polar surface area (TPSA) is 32.5 Å². The smallest absolute Gasteiger partial charge is 0.196 e. The summed E-state index contributed by atoms with van der Waals surface area (Å²) in [6.07, 6.45) is 1.78. The molecule has 0 radical (unpaired) electrons. The Bertz CT molecular complexity index is 563. The van der Waals surface area contributed by atoms with E-state index in [2.05, 4.69) is 80.1 Å². The summed E-state index contributed by atoms with van der Waals surface area (Å²) in [6.45, 7) is 5.94. The largest absolute Gasteiger partial charge is 0.448 e. The van der Waals surface area contributed by atoms with Gasteiger partial charge in [0.15, 0.2) is 5.89 Å². The summed E-state index contributed by atoms with van der Waals surface area (Å²) in [5.41, 5.74) is 2.32. The van der Waals surface area contributed by atoms with Crippen molar-refractivity contribution in [1.29, 1.82) is 0 Å². The van der Waals surface area contributed by atoms with E-state index < -0.39 is 0 Å². The van der Waals surface area contributed by atoms with E-state index in [1.165, 1.54) is 5.56 Å². The van der Waals surface area contributed by atoms with Crippen molar-refractivity contribution in [2.24, 2.45) is 0 Å². The van der Waals surface area contributed by atoms with Crippen molar-refractivity contribution in [3.63, 3.8) is 0 Å². The Morgan fingerprint density at radius 2 is 1.77 bits per heavy atom. The summed E-state index contributed by atoms with van der Waals surface area (Å²) < 4.78 is 5.55. The van der Waals surface area contributed by atoms with E-state index in [-0.39, 0.29) is 0 Å².